The minimum absolute atomic E-state index is 0.0279. The van der Waals surface area contributed by atoms with Gasteiger partial charge in [0.15, 0.2) is 0 Å². The molecule has 10 nitrogen and oxygen atoms in total. The minimum Gasteiger partial charge on any atom is -0.370 e. The average Bonchev–Trinajstić information content (AvgIpc) is 3.40. The highest BCUT2D eigenvalue weighted by Gasteiger charge is 2.70. The first-order valence-electron chi connectivity index (χ1n) is 11.0. The van der Waals surface area contributed by atoms with Gasteiger partial charge in [-0.25, -0.2) is 4.90 Å². The van der Waals surface area contributed by atoms with Crippen molar-refractivity contribution in [3.63, 3.8) is 0 Å². The van der Waals surface area contributed by atoms with Gasteiger partial charge in [-0.3, -0.25) is 29.3 Å². The highest BCUT2D eigenvalue weighted by molar-refractivity contribution is 6.32. The number of nitrogens with one attached hydrogen (secondary N) is 2. The predicted molar refractivity (Wildman–Crippen MR) is 126 cm³/mol. The average molecular weight is 496 g/mol. The van der Waals surface area contributed by atoms with Crippen LogP contribution in [-0.4, -0.2) is 35.6 Å². The van der Waals surface area contributed by atoms with Crippen molar-refractivity contribution in [2.24, 2.45) is 23.3 Å². The van der Waals surface area contributed by atoms with E-state index < -0.39 is 53.0 Å². The van der Waals surface area contributed by atoms with Gasteiger partial charge in [-0.2, -0.15) is 0 Å². The number of anilines is 2. The zero-order valence-corrected chi connectivity index (χ0v) is 19.4. The Morgan fingerprint density at radius 1 is 1.06 bits per heavy atom. The molecule has 180 valence electrons. The van der Waals surface area contributed by atoms with E-state index in [1.54, 1.807) is 19.1 Å². The van der Waals surface area contributed by atoms with E-state index in [0.29, 0.717) is 21.8 Å². The summed E-state index contributed by atoms with van der Waals surface area (Å²) in [7, 11) is 0. The Kier molecular flexibility index (Phi) is 5.19. The SMILES string of the molecule is Cc1c(Cl)ccc2c1NC(=O)[C@@]21N[C@@H](CCC(N)=O)[C@H]2C(=O)N(c3ccc(C(N)=O)cc3)C(=O)[C@H]21. The number of carbonyl (C=O) groups excluding carboxylic acids is 5. The van der Waals surface area contributed by atoms with E-state index in [-0.39, 0.29) is 24.1 Å². The zero-order valence-electron chi connectivity index (χ0n) is 18.6. The number of halogens is 1. The fraction of sp³-hybridized carbons (Fsp3) is 0.292. The van der Waals surface area contributed by atoms with Crippen LogP contribution < -0.4 is 27.0 Å². The van der Waals surface area contributed by atoms with Gasteiger partial charge in [0.2, 0.25) is 29.5 Å². The van der Waals surface area contributed by atoms with Crippen molar-refractivity contribution >= 4 is 52.5 Å². The monoisotopic (exact) mass is 495 g/mol. The first-order chi connectivity index (χ1) is 16.6. The van der Waals surface area contributed by atoms with Gasteiger partial charge < -0.3 is 16.8 Å². The van der Waals surface area contributed by atoms with Gasteiger partial charge >= 0.3 is 0 Å². The summed E-state index contributed by atoms with van der Waals surface area (Å²) in [4.78, 5) is 65.0. The summed E-state index contributed by atoms with van der Waals surface area (Å²) in [6.07, 6.45) is 0.140. The number of rotatable bonds is 5. The maximum absolute atomic E-state index is 13.8. The lowest BCUT2D eigenvalue weighted by Gasteiger charge is -2.29. The van der Waals surface area contributed by atoms with E-state index in [4.69, 9.17) is 23.1 Å². The largest absolute Gasteiger partial charge is 0.370 e. The maximum Gasteiger partial charge on any atom is 0.250 e. The highest BCUT2D eigenvalue weighted by Crippen LogP contribution is 2.55. The van der Waals surface area contributed by atoms with E-state index in [0.717, 1.165) is 4.90 Å². The molecule has 0 radical (unpaired) electrons. The van der Waals surface area contributed by atoms with Crippen LogP contribution in [0.15, 0.2) is 36.4 Å². The molecule has 35 heavy (non-hydrogen) atoms. The number of hydrogen-bond donors (Lipinski definition) is 4. The normalized spacial score (nSPS) is 26.7. The lowest BCUT2D eigenvalue weighted by molar-refractivity contribution is -0.130. The molecule has 3 aliphatic heterocycles. The van der Waals surface area contributed by atoms with Crippen LogP contribution in [0.2, 0.25) is 5.02 Å². The summed E-state index contributed by atoms with van der Waals surface area (Å²) in [5.74, 6) is -4.71. The van der Waals surface area contributed by atoms with Gasteiger partial charge in [-0.05, 0) is 49.2 Å². The number of fused-ring (bicyclic) bond motifs is 4. The van der Waals surface area contributed by atoms with Gasteiger partial charge in [0.25, 0.3) is 0 Å². The number of imide groups is 1. The summed E-state index contributed by atoms with van der Waals surface area (Å²) in [6, 6.07) is 8.43. The molecule has 5 amide bonds. The molecule has 5 rings (SSSR count). The lowest BCUT2D eigenvalue weighted by Crippen LogP contribution is -2.53. The van der Waals surface area contributed by atoms with Gasteiger partial charge in [-0.15, -0.1) is 0 Å². The van der Waals surface area contributed by atoms with Crippen LogP contribution >= 0.6 is 11.6 Å². The van der Waals surface area contributed by atoms with Crippen molar-refractivity contribution < 1.29 is 24.0 Å². The third kappa shape index (κ3) is 3.17. The Labute approximate surface area is 205 Å². The van der Waals surface area contributed by atoms with E-state index in [1.165, 1.54) is 24.3 Å². The number of nitrogens with two attached hydrogens (primary N) is 2. The standard InChI is InChI=1S/C24H22ClN5O5/c1-10-14(25)7-6-13-19(10)28-23(35)24(13)18-17(15(29-24)8-9-16(26)31)21(33)30(22(18)34)12-4-2-11(3-5-12)20(27)32/h2-7,15,17-18,29H,8-9H2,1H3,(H2,26,31)(H2,27,32)(H,28,35)/t15-,17+,18-,24+/m0/s1. The quantitative estimate of drug-likeness (QED) is 0.450. The summed E-state index contributed by atoms with van der Waals surface area (Å²) >= 11 is 6.26. The Hall–Kier alpha value is -3.76. The van der Waals surface area contributed by atoms with Crippen molar-refractivity contribution in [3.05, 3.63) is 58.1 Å². The Balaban J connectivity index is 1.63. The number of primary amides is 2. The molecule has 0 bridgehead atoms. The highest BCUT2D eigenvalue weighted by atomic mass is 35.5. The number of amides is 5. The first-order valence-corrected chi connectivity index (χ1v) is 11.4. The smallest absolute Gasteiger partial charge is 0.250 e. The number of hydrogen-bond acceptors (Lipinski definition) is 6. The molecule has 0 unspecified atom stereocenters. The maximum atomic E-state index is 13.8. The Morgan fingerprint density at radius 3 is 2.37 bits per heavy atom. The molecule has 4 atom stereocenters. The third-order valence-corrected chi connectivity index (χ3v) is 7.61. The summed E-state index contributed by atoms with van der Waals surface area (Å²) in [5, 5.41) is 6.53. The molecule has 2 saturated heterocycles. The van der Waals surface area contributed by atoms with Crippen LogP contribution in [0.3, 0.4) is 0 Å². The molecule has 6 N–H and O–H groups in total. The molecule has 3 heterocycles. The minimum atomic E-state index is -1.52. The fourth-order valence-electron chi connectivity index (χ4n) is 5.57. The zero-order chi connectivity index (χ0) is 25.2. The number of nitrogens with zero attached hydrogens (tertiary/aromatic N) is 1. The molecule has 0 saturated carbocycles. The molecule has 11 heteroatoms. The Morgan fingerprint density at radius 2 is 1.74 bits per heavy atom. The van der Waals surface area contributed by atoms with Crippen LogP contribution in [0.25, 0.3) is 0 Å². The van der Waals surface area contributed by atoms with E-state index in [2.05, 4.69) is 10.6 Å². The molecule has 2 aromatic rings. The van der Waals surface area contributed by atoms with E-state index in [1.807, 2.05) is 0 Å². The number of benzene rings is 2. The van der Waals surface area contributed by atoms with Crippen LogP contribution in [-0.2, 0) is 24.7 Å². The Bertz CT molecular complexity index is 1330. The topological polar surface area (TPSA) is 165 Å². The van der Waals surface area contributed by atoms with Gasteiger partial charge in [0, 0.05) is 28.6 Å². The third-order valence-electron chi connectivity index (χ3n) is 7.20. The van der Waals surface area contributed by atoms with E-state index in [9.17, 15) is 24.0 Å². The molecular weight excluding hydrogens is 474 g/mol. The van der Waals surface area contributed by atoms with Crippen molar-refractivity contribution in [1.29, 1.82) is 0 Å². The molecule has 1 spiro atoms. The fourth-order valence-corrected chi connectivity index (χ4v) is 5.72. The molecule has 0 aromatic heterocycles. The summed E-state index contributed by atoms with van der Waals surface area (Å²) < 4.78 is 0. The molecule has 0 aliphatic carbocycles. The predicted octanol–water partition coefficient (Wildman–Crippen LogP) is 0.938. The summed E-state index contributed by atoms with van der Waals surface area (Å²) in [5.41, 5.74) is 11.3. The molecule has 2 aromatic carbocycles. The van der Waals surface area contributed by atoms with Gasteiger partial charge in [0.05, 0.1) is 23.2 Å². The second-order valence-electron chi connectivity index (χ2n) is 9.04. The van der Waals surface area contributed by atoms with Crippen molar-refractivity contribution in [1.82, 2.24) is 5.32 Å². The van der Waals surface area contributed by atoms with Crippen molar-refractivity contribution in [2.75, 3.05) is 10.2 Å². The molecular formula is C24H22ClN5O5. The molecule has 3 aliphatic rings. The van der Waals surface area contributed by atoms with Crippen LogP contribution in [0.5, 0.6) is 0 Å². The first kappa shape index (κ1) is 23.0. The summed E-state index contributed by atoms with van der Waals surface area (Å²) in [6.45, 7) is 1.76. The van der Waals surface area contributed by atoms with Crippen LogP contribution in [0.4, 0.5) is 11.4 Å². The van der Waals surface area contributed by atoms with E-state index >= 15 is 0 Å². The second kappa shape index (κ2) is 7.89. The van der Waals surface area contributed by atoms with Crippen molar-refractivity contribution in [3.8, 4) is 0 Å². The second-order valence-corrected chi connectivity index (χ2v) is 9.45. The van der Waals surface area contributed by atoms with Crippen LogP contribution in [0.1, 0.15) is 34.3 Å². The van der Waals surface area contributed by atoms with Gasteiger partial charge in [-0.1, -0.05) is 17.7 Å². The number of carbonyl (C=O) groups is 5. The van der Waals surface area contributed by atoms with Gasteiger partial charge in [0.1, 0.15) is 5.54 Å². The van der Waals surface area contributed by atoms with Crippen LogP contribution in [0, 0.1) is 18.8 Å². The van der Waals surface area contributed by atoms with Crippen molar-refractivity contribution in [2.45, 2.75) is 31.3 Å². The lowest BCUT2D eigenvalue weighted by atomic mass is 9.76. The molecule has 2 fully saturated rings.